The molecular formula is C21H27N3O2. The van der Waals surface area contributed by atoms with Gasteiger partial charge in [0.05, 0.1) is 12.2 Å². The first-order valence-electron chi connectivity index (χ1n) is 9.35. The number of carbonyl (C=O) groups excluding carboxylic acids is 1. The van der Waals surface area contributed by atoms with Gasteiger partial charge in [0.15, 0.2) is 0 Å². The zero-order chi connectivity index (χ0) is 18.7. The summed E-state index contributed by atoms with van der Waals surface area (Å²) in [6, 6.07) is 11.3. The first kappa shape index (κ1) is 18.4. The maximum absolute atomic E-state index is 12.5. The van der Waals surface area contributed by atoms with E-state index >= 15 is 0 Å². The van der Waals surface area contributed by atoms with Crippen LogP contribution >= 0.6 is 0 Å². The van der Waals surface area contributed by atoms with E-state index in [1.165, 1.54) is 22.7 Å². The molecule has 0 bridgehead atoms. The molecule has 5 heteroatoms. The van der Waals surface area contributed by atoms with E-state index in [-0.39, 0.29) is 11.5 Å². The number of likely N-dealkylation sites (tertiary alicyclic amines) is 1. The third kappa shape index (κ3) is 4.40. The Morgan fingerprint density at radius 1 is 1.08 bits per heavy atom. The zero-order valence-electron chi connectivity index (χ0n) is 15.8. The molecule has 1 saturated heterocycles. The highest BCUT2D eigenvalue weighted by atomic mass is 16.2. The Hall–Kier alpha value is -2.43. The molecule has 2 heterocycles. The maximum Gasteiger partial charge on any atom is 0.266 e. The highest BCUT2D eigenvalue weighted by Crippen LogP contribution is 2.21. The van der Waals surface area contributed by atoms with Crippen molar-refractivity contribution in [3.05, 3.63) is 52.3 Å². The van der Waals surface area contributed by atoms with Crippen LogP contribution in [0.5, 0.6) is 0 Å². The van der Waals surface area contributed by atoms with Gasteiger partial charge in [-0.25, -0.2) is 4.68 Å². The van der Waals surface area contributed by atoms with Crippen molar-refractivity contribution in [2.45, 2.75) is 40.2 Å². The minimum Gasteiger partial charge on any atom is -0.342 e. The maximum atomic E-state index is 12.5. The van der Waals surface area contributed by atoms with Gasteiger partial charge in [0.25, 0.3) is 5.56 Å². The molecule has 0 spiro atoms. The van der Waals surface area contributed by atoms with E-state index < -0.39 is 0 Å². The number of hydrogen-bond acceptors (Lipinski definition) is 3. The number of piperidine rings is 1. The average Bonchev–Trinajstić information content (AvgIpc) is 2.60. The standard InChI is InChI=1S/C21H27N3O2/c1-15-4-6-18(7-5-15)19-8-9-21(26)24(22-19)11-10-20(25)23-13-16(2)12-17(3)14-23/h4-9,16-17H,10-14H2,1-3H3/t16-,17-/m1/s1. The Morgan fingerprint density at radius 2 is 1.73 bits per heavy atom. The summed E-state index contributed by atoms with van der Waals surface area (Å²) in [6.07, 6.45) is 1.48. The van der Waals surface area contributed by atoms with Crippen molar-refractivity contribution in [3.8, 4) is 11.3 Å². The molecule has 0 saturated carbocycles. The van der Waals surface area contributed by atoms with Crippen LogP contribution in [-0.2, 0) is 11.3 Å². The molecule has 2 atom stereocenters. The van der Waals surface area contributed by atoms with E-state index in [4.69, 9.17) is 0 Å². The fourth-order valence-electron chi connectivity index (χ4n) is 3.71. The second kappa shape index (κ2) is 7.85. The van der Waals surface area contributed by atoms with Crippen molar-refractivity contribution < 1.29 is 4.79 Å². The zero-order valence-corrected chi connectivity index (χ0v) is 15.8. The van der Waals surface area contributed by atoms with E-state index in [0.717, 1.165) is 24.3 Å². The minimum absolute atomic E-state index is 0.109. The largest absolute Gasteiger partial charge is 0.342 e. The summed E-state index contributed by atoms with van der Waals surface area (Å²) < 4.78 is 1.41. The lowest BCUT2D eigenvalue weighted by molar-refractivity contribution is -0.134. The summed E-state index contributed by atoms with van der Waals surface area (Å²) in [4.78, 5) is 26.6. The summed E-state index contributed by atoms with van der Waals surface area (Å²) in [7, 11) is 0. The van der Waals surface area contributed by atoms with Gasteiger partial charge in [0.1, 0.15) is 0 Å². The summed E-state index contributed by atoms with van der Waals surface area (Å²) in [6.45, 7) is 8.35. The molecule has 1 amide bonds. The number of hydrogen-bond donors (Lipinski definition) is 0. The molecule has 1 aromatic heterocycles. The van der Waals surface area contributed by atoms with Gasteiger partial charge >= 0.3 is 0 Å². The summed E-state index contributed by atoms with van der Waals surface area (Å²) in [5.74, 6) is 1.18. The molecule has 2 aromatic rings. The van der Waals surface area contributed by atoms with Crippen molar-refractivity contribution in [3.63, 3.8) is 0 Å². The van der Waals surface area contributed by atoms with Crippen molar-refractivity contribution in [2.75, 3.05) is 13.1 Å². The minimum atomic E-state index is -0.172. The van der Waals surface area contributed by atoms with Crippen LogP contribution in [0.4, 0.5) is 0 Å². The first-order chi connectivity index (χ1) is 12.4. The number of rotatable bonds is 4. The number of aromatic nitrogens is 2. The van der Waals surface area contributed by atoms with Gasteiger partial charge in [0.2, 0.25) is 5.91 Å². The van der Waals surface area contributed by atoms with Crippen LogP contribution in [0.2, 0.25) is 0 Å². The van der Waals surface area contributed by atoms with Crippen molar-refractivity contribution in [1.82, 2.24) is 14.7 Å². The fraction of sp³-hybridized carbons (Fsp3) is 0.476. The van der Waals surface area contributed by atoms with E-state index in [9.17, 15) is 9.59 Å². The lowest BCUT2D eigenvalue weighted by Gasteiger charge is -2.35. The number of nitrogens with zero attached hydrogens (tertiary/aromatic N) is 3. The average molecular weight is 353 g/mol. The van der Waals surface area contributed by atoms with Crippen LogP contribution in [0.25, 0.3) is 11.3 Å². The molecule has 0 unspecified atom stereocenters. The Balaban J connectivity index is 1.69. The SMILES string of the molecule is Cc1ccc(-c2ccc(=O)n(CCC(=O)N3C[C@H](C)C[C@@H](C)C3)n2)cc1. The molecule has 1 aliphatic heterocycles. The Kier molecular flexibility index (Phi) is 5.55. The monoisotopic (exact) mass is 353 g/mol. The smallest absolute Gasteiger partial charge is 0.266 e. The molecule has 138 valence electrons. The van der Waals surface area contributed by atoms with Crippen LogP contribution < -0.4 is 5.56 Å². The van der Waals surface area contributed by atoms with Crippen molar-refractivity contribution >= 4 is 5.91 Å². The normalized spacial score (nSPS) is 20.2. The van der Waals surface area contributed by atoms with Gasteiger partial charge in [-0.05, 0) is 31.2 Å². The number of aryl methyl sites for hydroxylation is 2. The van der Waals surface area contributed by atoms with E-state index in [1.54, 1.807) is 6.07 Å². The van der Waals surface area contributed by atoms with Gasteiger partial charge in [-0.3, -0.25) is 9.59 Å². The molecule has 1 aliphatic rings. The molecule has 26 heavy (non-hydrogen) atoms. The summed E-state index contributed by atoms with van der Waals surface area (Å²) in [5, 5.41) is 4.45. The summed E-state index contributed by atoms with van der Waals surface area (Å²) >= 11 is 0. The predicted molar refractivity (Wildman–Crippen MR) is 103 cm³/mol. The molecule has 1 fully saturated rings. The first-order valence-corrected chi connectivity index (χ1v) is 9.35. The Bertz CT molecular complexity index is 816. The predicted octanol–water partition coefficient (Wildman–Crippen LogP) is 3.11. The molecule has 5 nitrogen and oxygen atoms in total. The Morgan fingerprint density at radius 3 is 2.38 bits per heavy atom. The van der Waals surface area contributed by atoms with Crippen LogP contribution in [-0.4, -0.2) is 33.7 Å². The molecule has 0 radical (unpaired) electrons. The van der Waals surface area contributed by atoms with Crippen molar-refractivity contribution in [2.24, 2.45) is 11.8 Å². The second-order valence-corrected chi connectivity index (χ2v) is 7.64. The van der Waals surface area contributed by atoms with Crippen LogP contribution in [0.15, 0.2) is 41.2 Å². The highest BCUT2D eigenvalue weighted by molar-refractivity contribution is 5.76. The van der Waals surface area contributed by atoms with Gasteiger partial charge in [0, 0.05) is 31.1 Å². The van der Waals surface area contributed by atoms with E-state index in [2.05, 4.69) is 18.9 Å². The molecule has 0 N–H and O–H groups in total. The van der Waals surface area contributed by atoms with Gasteiger partial charge in [-0.2, -0.15) is 5.10 Å². The van der Waals surface area contributed by atoms with Gasteiger partial charge < -0.3 is 4.90 Å². The van der Waals surface area contributed by atoms with E-state index in [0.29, 0.717) is 24.8 Å². The Labute approximate surface area is 154 Å². The third-order valence-electron chi connectivity index (χ3n) is 4.97. The van der Waals surface area contributed by atoms with Gasteiger partial charge in [-0.15, -0.1) is 0 Å². The molecule has 1 aromatic carbocycles. The molecule has 0 aliphatic carbocycles. The summed E-state index contributed by atoms with van der Waals surface area (Å²) in [5.41, 5.74) is 2.72. The highest BCUT2D eigenvalue weighted by Gasteiger charge is 2.25. The third-order valence-corrected chi connectivity index (χ3v) is 4.97. The fourth-order valence-corrected chi connectivity index (χ4v) is 3.71. The molecular weight excluding hydrogens is 326 g/mol. The lowest BCUT2D eigenvalue weighted by Crippen LogP contribution is -2.43. The quantitative estimate of drug-likeness (QED) is 0.849. The second-order valence-electron chi connectivity index (χ2n) is 7.64. The number of amides is 1. The topological polar surface area (TPSA) is 55.2 Å². The van der Waals surface area contributed by atoms with Crippen LogP contribution in [0.3, 0.4) is 0 Å². The van der Waals surface area contributed by atoms with Crippen LogP contribution in [0.1, 0.15) is 32.3 Å². The van der Waals surface area contributed by atoms with E-state index in [1.807, 2.05) is 36.1 Å². The van der Waals surface area contributed by atoms with Crippen LogP contribution in [0, 0.1) is 18.8 Å². The molecule has 3 rings (SSSR count). The number of benzene rings is 1. The van der Waals surface area contributed by atoms with Crippen molar-refractivity contribution in [1.29, 1.82) is 0 Å². The van der Waals surface area contributed by atoms with Gasteiger partial charge in [-0.1, -0.05) is 43.7 Å². The lowest BCUT2D eigenvalue weighted by atomic mass is 9.92. The number of carbonyl (C=O) groups is 1.